The van der Waals surface area contributed by atoms with E-state index in [-0.39, 0.29) is 23.9 Å². The van der Waals surface area contributed by atoms with Crippen LogP contribution in [0.3, 0.4) is 0 Å². The molecule has 1 aromatic rings. The molecule has 0 bridgehead atoms. The molecule has 0 saturated carbocycles. The summed E-state index contributed by atoms with van der Waals surface area (Å²) in [4.78, 5) is 20.6. The Labute approximate surface area is 149 Å². The maximum atomic E-state index is 10.4. The van der Waals surface area contributed by atoms with Crippen LogP contribution in [0.2, 0.25) is 0 Å². The normalized spacial score (nSPS) is 12.2. The first-order chi connectivity index (χ1) is 12.0. The van der Waals surface area contributed by atoms with Gasteiger partial charge in [0.05, 0.1) is 0 Å². The van der Waals surface area contributed by atoms with Gasteiger partial charge in [-0.05, 0) is 37.0 Å². The van der Waals surface area contributed by atoms with Gasteiger partial charge in [-0.1, -0.05) is 6.07 Å². The lowest BCUT2D eigenvalue weighted by Crippen LogP contribution is -2.34. The Morgan fingerprint density at radius 2 is 1.65 bits per heavy atom. The van der Waals surface area contributed by atoms with Crippen molar-refractivity contribution in [3.05, 3.63) is 23.8 Å². The number of nitrogens with two attached hydrogens (primary N) is 3. The minimum absolute atomic E-state index is 0.112. The van der Waals surface area contributed by atoms with Crippen molar-refractivity contribution < 1.29 is 30.0 Å². The predicted octanol–water partition coefficient (Wildman–Crippen LogP) is -1.29. The number of aromatic hydroxyl groups is 2. The molecule has 26 heavy (non-hydrogen) atoms. The Kier molecular flexibility index (Phi) is 10.1. The molecule has 0 amide bonds. The number of benzene rings is 1. The van der Waals surface area contributed by atoms with Gasteiger partial charge in [-0.25, -0.2) is 0 Å². The maximum absolute atomic E-state index is 10.4. The molecule has 0 saturated heterocycles. The smallest absolute Gasteiger partial charge is 0.320 e. The summed E-state index contributed by atoms with van der Waals surface area (Å²) in [7, 11) is 0. The molecule has 11 nitrogen and oxygen atoms in total. The van der Waals surface area contributed by atoms with Crippen LogP contribution in [-0.2, 0) is 16.0 Å². The fraction of sp³-hybridized carbons (Fsp3) is 0.400. The summed E-state index contributed by atoms with van der Waals surface area (Å²) in [5.74, 6) is -2.73. The number of hydrogen-bond acceptors (Lipinski definition) is 7. The fourth-order valence-electron chi connectivity index (χ4n) is 1.71. The second-order valence-electron chi connectivity index (χ2n) is 5.40. The van der Waals surface area contributed by atoms with E-state index in [1.54, 1.807) is 0 Å². The molecular weight excluding hydrogens is 346 g/mol. The standard InChI is InChI=1S/C9H11NO4.C6H14N4O2/c10-6(9(13)14)3-5-1-2-7(11)8(12)4-5;7-4(5(11)12)2-1-3-10-6(8)9/h1-2,4,6,11-12H,3,10H2,(H,13,14);4H,1-3,7H2,(H,11,12)(H4,8,9,10)/t6-;4-/m00/s1. The molecule has 2 atom stereocenters. The fourth-order valence-corrected chi connectivity index (χ4v) is 1.71. The van der Waals surface area contributed by atoms with Crippen LogP contribution in [0.1, 0.15) is 18.4 Å². The lowest BCUT2D eigenvalue weighted by Gasteiger charge is -2.06. The van der Waals surface area contributed by atoms with Crippen molar-refractivity contribution in [2.24, 2.45) is 17.2 Å². The van der Waals surface area contributed by atoms with Crippen LogP contribution in [0.5, 0.6) is 11.5 Å². The van der Waals surface area contributed by atoms with Gasteiger partial charge in [-0.3, -0.25) is 15.0 Å². The van der Waals surface area contributed by atoms with E-state index in [0.717, 1.165) is 0 Å². The Morgan fingerprint density at radius 1 is 1.08 bits per heavy atom. The van der Waals surface area contributed by atoms with Crippen LogP contribution >= 0.6 is 0 Å². The summed E-state index contributed by atoms with van der Waals surface area (Å²) in [6, 6.07) is 2.27. The summed E-state index contributed by atoms with van der Waals surface area (Å²) in [6.07, 6.45) is 1.09. The van der Waals surface area contributed by atoms with E-state index in [1.807, 2.05) is 0 Å². The van der Waals surface area contributed by atoms with Crippen molar-refractivity contribution in [2.45, 2.75) is 31.3 Å². The first-order valence-corrected chi connectivity index (χ1v) is 7.60. The molecule has 146 valence electrons. The van der Waals surface area contributed by atoms with Crippen LogP contribution in [0.25, 0.3) is 0 Å². The molecule has 12 N–H and O–H groups in total. The number of rotatable bonds is 8. The van der Waals surface area contributed by atoms with Crippen molar-refractivity contribution in [3.63, 3.8) is 0 Å². The summed E-state index contributed by atoms with van der Waals surface area (Å²) in [5, 5.41) is 44.3. The van der Waals surface area contributed by atoms with Gasteiger partial charge in [0.1, 0.15) is 12.1 Å². The Hall–Kier alpha value is -3.05. The Morgan fingerprint density at radius 3 is 2.12 bits per heavy atom. The molecule has 0 unspecified atom stereocenters. The minimum Gasteiger partial charge on any atom is -0.504 e. The third-order valence-corrected chi connectivity index (χ3v) is 3.14. The van der Waals surface area contributed by atoms with E-state index in [4.69, 9.17) is 43.0 Å². The zero-order valence-electron chi connectivity index (χ0n) is 14.1. The van der Waals surface area contributed by atoms with Gasteiger partial charge in [0.2, 0.25) is 0 Å². The van der Waals surface area contributed by atoms with Crippen LogP contribution in [0, 0.1) is 5.41 Å². The summed E-state index contributed by atoms with van der Waals surface area (Å²) in [5.41, 5.74) is 16.1. The molecule has 1 rings (SSSR count). The highest BCUT2D eigenvalue weighted by atomic mass is 16.4. The van der Waals surface area contributed by atoms with E-state index in [2.05, 4.69) is 5.32 Å². The van der Waals surface area contributed by atoms with E-state index < -0.39 is 24.0 Å². The van der Waals surface area contributed by atoms with Crippen LogP contribution < -0.4 is 22.5 Å². The predicted molar refractivity (Wildman–Crippen MR) is 93.8 cm³/mol. The molecular formula is C15H25N5O6. The number of guanidine groups is 1. The number of nitrogens with one attached hydrogen (secondary N) is 2. The largest absolute Gasteiger partial charge is 0.504 e. The van der Waals surface area contributed by atoms with Crippen molar-refractivity contribution >= 4 is 17.9 Å². The summed E-state index contributed by atoms with van der Waals surface area (Å²) in [6.45, 7) is 0.482. The van der Waals surface area contributed by atoms with Crippen LogP contribution in [0.15, 0.2) is 18.2 Å². The molecule has 1 aromatic carbocycles. The van der Waals surface area contributed by atoms with Crippen molar-refractivity contribution in [1.82, 2.24) is 5.32 Å². The first kappa shape index (κ1) is 22.9. The molecule has 0 aliphatic rings. The number of carboxylic acids is 2. The zero-order chi connectivity index (χ0) is 20.3. The van der Waals surface area contributed by atoms with Gasteiger partial charge >= 0.3 is 11.9 Å². The highest BCUT2D eigenvalue weighted by Gasteiger charge is 2.13. The lowest BCUT2D eigenvalue weighted by molar-refractivity contribution is -0.139. The lowest BCUT2D eigenvalue weighted by atomic mass is 10.1. The van der Waals surface area contributed by atoms with Gasteiger partial charge in [-0.2, -0.15) is 0 Å². The molecule has 0 heterocycles. The van der Waals surface area contributed by atoms with Gasteiger partial charge in [0, 0.05) is 6.54 Å². The quantitative estimate of drug-likeness (QED) is 0.114. The molecule has 0 aliphatic heterocycles. The molecule has 0 aromatic heterocycles. The molecule has 0 aliphatic carbocycles. The minimum atomic E-state index is -1.10. The monoisotopic (exact) mass is 371 g/mol. The average molecular weight is 371 g/mol. The van der Waals surface area contributed by atoms with Gasteiger partial charge in [0.25, 0.3) is 0 Å². The van der Waals surface area contributed by atoms with Crippen LogP contribution in [0.4, 0.5) is 0 Å². The number of carboxylic acid groups (broad SMARTS) is 2. The maximum Gasteiger partial charge on any atom is 0.320 e. The Bertz CT molecular complexity index is 625. The van der Waals surface area contributed by atoms with E-state index in [0.29, 0.717) is 24.9 Å². The highest BCUT2D eigenvalue weighted by Crippen LogP contribution is 2.25. The number of carbonyl (C=O) groups is 2. The molecule has 0 fully saturated rings. The van der Waals surface area contributed by atoms with Crippen molar-refractivity contribution in [1.29, 1.82) is 5.41 Å². The summed E-state index contributed by atoms with van der Waals surface area (Å²) < 4.78 is 0. The number of phenols is 2. The molecule has 0 radical (unpaired) electrons. The molecule has 0 spiro atoms. The summed E-state index contributed by atoms with van der Waals surface area (Å²) >= 11 is 0. The van der Waals surface area contributed by atoms with Gasteiger partial charge < -0.3 is 42.9 Å². The second kappa shape index (κ2) is 11.5. The van der Waals surface area contributed by atoms with E-state index in [9.17, 15) is 9.59 Å². The Balaban J connectivity index is 0.000000488. The second-order valence-corrected chi connectivity index (χ2v) is 5.40. The van der Waals surface area contributed by atoms with Crippen LogP contribution in [-0.4, -0.2) is 57.0 Å². The van der Waals surface area contributed by atoms with Gasteiger partial charge in [-0.15, -0.1) is 0 Å². The number of hydrogen-bond donors (Lipinski definition) is 9. The zero-order valence-corrected chi connectivity index (χ0v) is 14.1. The van der Waals surface area contributed by atoms with Crippen molar-refractivity contribution in [3.8, 4) is 11.5 Å². The number of aliphatic carboxylic acids is 2. The van der Waals surface area contributed by atoms with Crippen molar-refractivity contribution in [2.75, 3.05) is 6.54 Å². The third kappa shape index (κ3) is 9.95. The van der Waals surface area contributed by atoms with Gasteiger partial charge in [0.15, 0.2) is 17.5 Å². The first-order valence-electron chi connectivity index (χ1n) is 7.60. The highest BCUT2D eigenvalue weighted by molar-refractivity contribution is 5.74. The van der Waals surface area contributed by atoms with E-state index >= 15 is 0 Å². The third-order valence-electron chi connectivity index (χ3n) is 3.14. The number of phenolic OH excluding ortho intramolecular Hbond substituents is 2. The average Bonchev–Trinajstić information content (AvgIpc) is 2.55. The molecule has 11 heteroatoms. The SMILES string of the molecule is N=C(N)NCCC[C@H](N)C(=O)O.N[C@@H](Cc1ccc(O)c(O)c1)C(=O)O. The van der Waals surface area contributed by atoms with E-state index in [1.165, 1.54) is 18.2 Å². The topological polar surface area (TPSA) is 229 Å².